The van der Waals surface area contributed by atoms with Crippen LogP contribution in [0.2, 0.25) is 0 Å². The number of nitrogens with zero attached hydrogens (tertiary/aromatic N) is 2. The van der Waals surface area contributed by atoms with Gasteiger partial charge in [-0.3, -0.25) is 9.36 Å². The van der Waals surface area contributed by atoms with Gasteiger partial charge in [0.15, 0.2) is 5.16 Å². The van der Waals surface area contributed by atoms with Crippen LogP contribution < -0.4 is 4.74 Å². The third-order valence-electron chi connectivity index (χ3n) is 3.70. The minimum Gasteiger partial charge on any atom is -0.497 e. The van der Waals surface area contributed by atoms with Crippen molar-refractivity contribution in [3.63, 3.8) is 0 Å². The zero-order valence-corrected chi connectivity index (χ0v) is 14.8. The van der Waals surface area contributed by atoms with Crippen LogP contribution in [0.4, 0.5) is 0 Å². The average Bonchev–Trinajstić information content (AvgIpc) is 3.14. The van der Waals surface area contributed by atoms with Crippen LogP contribution >= 0.6 is 11.8 Å². The number of carbonyl (C=O) groups is 1. The third-order valence-corrected chi connectivity index (χ3v) is 4.91. The molecule has 0 amide bonds. The molecular formula is C19H18N2O3S. The second kappa shape index (κ2) is 7.90. The van der Waals surface area contributed by atoms with Crippen molar-refractivity contribution in [2.75, 3.05) is 14.2 Å². The van der Waals surface area contributed by atoms with E-state index in [9.17, 15) is 4.79 Å². The maximum absolute atomic E-state index is 12.3. The first-order chi connectivity index (χ1) is 12.2. The molecule has 0 saturated heterocycles. The third kappa shape index (κ3) is 3.85. The first kappa shape index (κ1) is 17.1. The summed E-state index contributed by atoms with van der Waals surface area (Å²) in [5.74, 6) is 0.482. The molecule has 1 unspecified atom stereocenters. The number of rotatable bonds is 6. The second-order valence-corrected chi connectivity index (χ2v) is 6.28. The number of methoxy groups -OCH3 is 2. The smallest absolute Gasteiger partial charge is 0.323 e. The van der Waals surface area contributed by atoms with Gasteiger partial charge in [0.25, 0.3) is 0 Å². The Bertz CT molecular complexity index is 831. The number of carbonyl (C=O) groups excluding carboxylic acids is 1. The molecule has 25 heavy (non-hydrogen) atoms. The molecule has 128 valence electrons. The van der Waals surface area contributed by atoms with Gasteiger partial charge in [0, 0.05) is 18.1 Å². The Hall–Kier alpha value is -2.73. The van der Waals surface area contributed by atoms with Crippen molar-refractivity contribution in [1.29, 1.82) is 0 Å². The fraction of sp³-hybridized carbons (Fsp3) is 0.158. The topological polar surface area (TPSA) is 53.3 Å². The minimum atomic E-state index is -0.481. The lowest BCUT2D eigenvalue weighted by Gasteiger charge is -2.15. The van der Waals surface area contributed by atoms with Crippen molar-refractivity contribution in [3.8, 4) is 11.4 Å². The molecule has 0 aliphatic rings. The normalized spacial score (nSPS) is 11.8. The predicted octanol–water partition coefficient (Wildman–Crippen LogP) is 3.89. The Morgan fingerprint density at radius 2 is 1.80 bits per heavy atom. The number of aromatic nitrogens is 2. The number of esters is 1. The molecule has 1 atom stereocenters. The molecule has 0 N–H and O–H groups in total. The Labute approximate surface area is 150 Å². The van der Waals surface area contributed by atoms with Gasteiger partial charge in [0.2, 0.25) is 0 Å². The molecule has 6 heteroatoms. The maximum atomic E-state index is 12.3. The van der Waals surface area contributed by atoms with E-state index in [0.717, 1.165) is 17.0 Å². The molecule has 3 aromatic rings. The van der Waals surface area contributed by atoms with Gasteiger partial charge in [-0.2, -0.15) is 0 Å². The van der Waals surface area contributed by atoms with Gasteiger partial charge in [-0.05, 0) is 29.8 Å². The highest BCUT2D eigenvalue weighted by molar-refractivity contribution is 8.00. The molecule has 0 aliphatic heterocycles. The molecule has 0 bridgehead atoms. The van der Waals surface area contributed by atoms with Crippen molar-refractivity contribution in [2.45, 2.75) is 10.4 Å². The monoisotopic (exact) mass is 354 g/mol. The summed E-state index contributed by atoms with van der Waals surface area (Å²) in [6.07, 6.45) is 3.58. The number of hydrogen-bond acceptors (Lipinski definition) is 5. The Kier molecular flexibility index (Phi) is 5.40. The highest BCUT2D eigenvalue weighted by Crippen LogP contribution is 2.36. The molecule has 2 aromatic carbocycles. The molecular weight excluding hydrogens is 336 g/mol. The highest BCUT2D eigenvalue weighted by atomic mass is 32.2. The number of ether oxygens (including phenoxy) is 2. The average molecular weight is 354 g/mol. The first-order valence-corrected chi connectivity index (χ1v) is 8.58. The predicted molar refractivity (Wildman–Crippen MR) is 97.2 cm³/mol. The molecule has 0 aliphatic carbocycles. The summed E-state index contributed by atoms with van der Waals surface area (Å²) in [6, 6.07) is 17.2. The van der Waals surface area contributed by atoms with E-state index >= 15 is 0 Å². The van der Waals surface area contributed by atoms with E-state index in [1.807, 2.05) is 65.4 Å². The zero-order valence-electron chi connectivity index (χ0n) is 14.0. The standard InChI is InChI=1S/C19H18N2O3S/c1-23-16-10-8-15(9-11-16)21-13-12-20-19(21)25-17(18(22)24-2)14-6-4-3-5-7-14/h3-13,17H,1-2H3. The Morgan fingerprint density at radius 1 is 1.08 bits per heavy atom. The summed E-state index contributed by atoms with van der Waals surface area (Å²) in [5.41, 5.74) is 1.82. The molecule has 3 rings (SSSR count). The minimum absolute atomic E-state index is 0.305. The molecule has 0 saturated carbocycles. The van der Waals surface area contributed by atoms with Gasteiger partial charge >= 0.3 is 5.97 Å². The van der Waals surface area contributed by atoms with Crippen LogP contribution in [0.3, 0.4) is 0 Å². The number of benzene rings is 2. The van der Waals surface area contributed by atoms with Crippen molar-refractivity contribution >= 4 is 17.7 Å². The van der Waals surface area contributed by atoms with Crippen LogP contribution in [0.1, 0.15) is 10.8 Å². The lowest BCUT2D eigenvalue weighted by molar-refractivity contribution is -0.140. The fourth-order valence-electron chi connectivity index (χ4n) is 2.41. The second-order valence-electron chi connectivity index (χ2n) is 5.21. The maximum Gasteiger partial charge on any atom is 0.323 e. The zero-order chi connectivity index (χ0) is 17.6. The van der Waals surface area contributed by atoms with Gasteiger partial charge in [0.05, 0.1) is 14.2 Å². The SMILES string of the molecule is COC(=O)C(Sc1nccn1-c1ccc(OC)cc1)c1ccccc1. The van der Waals surface area contributed by atoms with E-state index in [1.165, 1.54) is 18.9 Å². The van der Waals surface area contributed by atoms with Crippen LogP contribution in [-0.4, -0.2) is 29.7 Å². The summed E-state index contributed by atoms with van der Waals surface area (Å²) in [6.45, 7) is 0. The van der Waals surface area contributed by atoms with Crippen molar-refractivity contribution < 1.29 is 14.3 Å². The van der Waals surface area contributed by atoms with Crippen molar-refractivity contribution in [3.05, 3.63) is 72.6 Å². The van der Waals surface area contributed by atoms with E-state index in [-0.39, 0.29) is 5.97 Å². The number of hydrogen-bond donors (Lipinski definition) is 0. The van der Waals surface area contributed by atoms with E-state index in [1.54, 1.807) is 13.3 Å². The van der Waals surface area contributed by atoms with Crippen LogP contribution in [-0.2, 0) is 9.53 Å². The number of thioether (sulfide) groups is 1. The van der Waals surface area contributed by atoms with Gasteiger partial charge in [0.1, 0.15) is 11.0 Å². The summed E-state index contributed by atoms with van der Waals surface area (Å²) in [7, 11) is 3.03. The Morgan fingerprint density at radius 3 is 2.44 bits per heavy atom. The summed E-state index contributed by atoms with van der Waals surface area (Å²) >= 11 is 1.36. The summed E-state index contributed by atoms with van der Waals surface area (Å²) in [5, 5.41) is 0.231. The molecule has 5 nitrogen and oxygen atoms in total. The molecule has 1 aromatic heterocycles. The summed E-state index contributed by atoms with van der Waals surface area (Å²) in [4.78, 5) is 16.7. The van der Waals surface area contributed by atoms with E-state index in [0.29, 0.717) is 5.16 Å². The Balaban J connectivity index is 1.91. The molecule has 0 spiro atoms. The van der Waals surface area contributed by atoms with Crippen molar-refractivity contribution in [1.82, 2.24) is 9.55 Å². The van der Waals surface area contributed by atoms with Gasteiger partial charge in [-0.25, -0.2) is 4.98 Å². The van der Waals surface area contributed by atoms with Crippen LogP contribution in [0.25, 0.3) is 5.69 Å². The van der Waals surface area contributed by atoms with Gasteiger partial charge < -0.3 is 9.47 Å². The van der Waals surface area contributed by atoms with E-state index in [4.69, 9.17) is 9.47 Å². The quantitative estimate of drug-likeness (QED) is 0.497. The molecule has 1 heterocycles. The molecule has 0 radical (unpaired) electrons. The first-order valence-electron chi connectivity index (χ1n) is 7.70. The van der Waals surface area contributed by atoms with E-state index < -0.39 is 5.25 Å². The highest BCUT2D eigenvalue weighted by Gasteiger charge is 2.25. The van der Waals surface area contributed by atoms with Gasteiger partial charge in [-0.1, -0.05) is 42.1 Å². The van der Waals surface area contributed by atoms with Crippen LogP contribution in [0.15, 0.2) is 72.1 Å². The lowest BCUT2D eigenvalue weighted by atomic mass is 10.1. The van der Waals surface area contributed by atoms with Crippen molar-refractivity contribution in [2.24, 2.45) is 0 Å². The van der Waals surface area contributed by atoms with E-state index in [2.05, 4.69) is 4.98 Å². The van der Waals surface area contributed by atoms with Crippen LogP contribution in [0, 0.1) is 0 Å². The number of imidazole rings is 1. The molecule has 0 fully saturated rings. The summed E-state index contributed by atoms with van der Waals surface area (Å²) < 4.78 is 12.1. The fourth-order valence-corrected chi connectivity index (χ4v) is 3.51. The van der Waals surface area contributed by atoms with Gasteiger partial charge in [-0.15, -0.1) is 0 Å². The largest absolute Gasteiger partial charge is 0.497 e. The van der Waals surface area contributed by atoms with Crippen LogP contribution in [0.5, 0.6) is 5.75 Å². The lowest BCUT2D eigenvalue weighted by Crippen LogP contribution is -2.12.